The summed E-state index contributed by atoms with van der Waals surface area (Å²) in [7, 11) is 0. The smallest absolute Gasteiger partial charge is 0.242 e. The predicted octanol–water partition coefficient (Wildman–Crippen LogP) is 2.28. The van der Waals surface area contributed by atoms with Crippen molar-refractivity contribution in [3.63, 3.8) is 0 Å². The number of nitrogens with one attached hydrogen (secondary N) is 1. The molecule has 1 amide bonds. The van der Waals surface area contributed by atoms with E-state index in [9.17, 15) is 4.79 Å². The van der Waals surface area contributed by atoms with Crippen LogP contribution in [0.25, 0.3) is 0 Å². The monoisotopic (exact) mass is 312 g/mol. The lowest BCUT2D eigenvalue weighted by Crippen LogP contribution is -2.22. The number of benzene rings is 1. The summed E-state index contributed by atoms with van der Waals surface area (Å²) in [5, 5.41) is 3.90. The highest BCUT2D eigenvalue weighted by molar-refractivity contribution is 9.10. The van der Waals surface area contributed by atoms with E-state index in [1.54, 1.807) is 26.1 Å². The Labute approximate surface area is 113 Å². The molecule has 18 heavy (non-hydrogen) atoms. The topological polar surface area (TPSA) is 59.9 Å². The fourth-order valence-corrected chi connectivity index (χ4v) is 1.75. The lowest BCUT2D eigenvalue weighted by atomic mass is 10.2. The van der Waals surface area contributed by atoms with Gasteiger partial charge in [0.25, 0.3) is 0 Å². The minimum atomic E-state index is -0.122. The van der Waals surface area contributed by atoms with E-state index in [1.165, 1.54) is 0 Å². The zero-order valence-electron chi connectivity index (χ0n) is 10.1. The predicted molar refractivity (Wildman–Crippen MR) is 70.8 cm³/mol. The van der Waals surface area contributed by atoms with Gasteiger partial charge < -0.3 is 9.47 Å². The first-order valence-electron chi connectivity index (χ1n) is 5.50. The van der Waals surface area contributed by atoms with Crippen molar-refractivity contribution in [1.82, 2.24) is 5.43 Å². The van der Waals surface area contributed by atoms with Gasteiger partial charge in [-0.3, -0.25) is 4.79 Å². The van der Waals surface area contributed by atoms with Crippen LogP contribution in [0.15, 0.2) is 21.7 Å². The molecule has 5 nitrogen and oxygen atoms in total. The maximum atomic E-state index is 11.3. The molecule has 1 N–H and O–H groups in total. The van der Waals surface area contributed by atoms with E-state index in [2.05, 4.69) is 26.5 Å². The number of nitrogens with zero attached hydrogens (tertiary/aromatic N) is 1. The summed E-state index contributed by atoms with van der Waals surface area (Å²) in [4.78, 5) is 11.3. The Morgan fingerprint density at radius 2 is 2.11 bits per heavy atom. The van der Waals surface area contributed by atoms with Gasteiger partial charge in [-0.25, -0.2) is 5.43 Å². The van der Waals surface area contributed by atoms with Gasteiger partial charge in [-0.05, 0) is 28.1 Å². The lowest BCUT2D eigenvalue weighted by molar-refractivity contribution is -0.123. The maximum Gasteiger partial charge on any atom is 0.242 e. The molecule has 0 aromatic heterocycles. The molecule has 2 rings (SSSR count). The number of hydrogen-bond donors (Lipinski definition) is 1. The van der Waals surface area contributed by atoms with Crippen molar-refractivity contribution in [3.8, 4) is 11.5 Å². The van der Waals surface area contributed by atoms with Crippen LogP contribution in [-0.4, -0.2) is 18.9 Å². The molecule has 0 bridgehead atoms. The number of halogens is 1. The van der Waals surface area contributed by atoms with Crippen molar-refractivity contribution < 1.29 is 14.3 Å². The average Bonchev–Trinajstić information content (AvgIpc) is 2.75. The Morgan fingerprint density at radius 3 is 2.78 bits per heavy atom. The second kappa shape index (κ2) is 5.39. The fourth-order valence-electron chi connectivity index (χ4n) is 1.33. The van der Waals surface area contributed by atoms with Crippen LogP contribution >= 0.6 is 15.9 Å². The van der Waals surface area contributed by atoms with Crippen molar-refractivity contribution in [1.29, 1.82) is 0 Å². The number of carbonyl (C=O) groups is 1. The van der Waals surface area contributed by atoms with Crippen molar-refractivity contribution in [2.24, 2.45) is 11.0 Å². The molecule has 1 aliphatic heterocycles. The first-order chi connectivity index (χ1) is 8.58. The van der Waals surface area contributed by atoms with Gasteiger partial charge in [0.15, 0.2) is 11.5 Å². The number of fused-ring (bicyclic) bond motifs is 1. The summed E-state index contributed by atoms with van der Waals surface area (Å²) >= 11 is 3.41. The SMILES string of the molecule is CC(C)C(=O)N/N=C\c1cc2c(cc1Br)OCO2. The first kappa shape index (κ1) is 12.9. The van der Waals surface area contributed by atoms with Crippen LogP contribution in [0.4, 0.5) is 0 Å². The molecule has 0 fully saturated rings. The van der Waals surface area contributed by atoms with Crippen LogP contribution in [-0.2, 0) is 4.79 Å². The zero-order chi connectivity index (χ0) is 13.1. The average molecular weight is 313 g/mol. The van der Waals surface area contributed by atoms with Gasteiger partial charge in [0.2, 0.25) is 12.7 Å². The van der Waals surface area contributed by atoms with Crippen LogP contribution in [0.2, 0.25) is 0 Å². The lowest BCUT2D eigenvalue weighted by Gasteiger charge is -2.03. The van der Waals surface area contributed by atoms with Crippen molar-refractivity contribution in [2.75, 3.05) is 6.79 Å². The minimum Gasteiger partial charge on any atom is -0.454 e. The number of ether oxygens (including phenoxy) is 2. The molecular weight excluding hydrogens is 300 g/mol. The van der Waals surface area contributed by atoms with Gasteiger partial charge in [0, 0.05) is 16.0 Å². The number of carbonyl (C=O) groups excluding carboxylic acids is 1. The number of rotatable bonds is 3. The van der Waals surface area contributed by atoms with Gasteiger partial charge in [0.1, 0.15) is 0 Å². The third-order valence-corrected chi connectivity index (χ3v) is 3.08. The van der Waals surface area contributed by atoms with Gasteiger partial charge in [-0.15, -0.1) is 0 Å². The summed E-state index contributed by atoms with van der Waals surface area (Å²) in [6.07, 6.45) is 1.56. The van der Waals surface area contributed by atoms with Crippen LogP contribution in [0.5, 0.6) is 11.5 Å². The molecule has 0 atom stereocenters. The molecule has 0 saturated heterocycles. The fraction of sp³-hybridized carbons (Fsp3) is 0.333. The second-order valence-electron chi connectivity index (χ2n) is 4.12. The Morgan fingerprint density at radius 1 is 1.44 bits per heavy atom. The molecule has 0 radical (unpaired) electrons. The molecule has 0 saturated carbocycles. The van der Waals surface area contributed by atoms with Crippen LogP contribution in [0, 0.1) is 5.92 Å². The maximum absolute atomic E-state index is 11.3. The molecule has 1 aromatic carbocycles. The van der Waals surface area contributed by atoms with Gasteiger partial charge >= 0.3 is 0 Å². The number of amides is 1. The van der Waals surface area contributed by atoms with E-state index in [4.69, 9.17) is 9.47 Å². The van der Waals surface area contributed by atoms with Crippen LogP contribution in [0.1, 0.15) is 19.4 Å². The Balaban J connectivity index is 2.10. The largest absolute Gasteiger partial charge is 0.454 e. The number of hydrogen-bond acceptors (Lipinski definition) is 4. The first-order valence-corrected chi connectivity index (χ1v) is 6.29. The summed E-state index contributed by atoms with van der Waals surface area (Å²) in [6.45, 7) is 3.84. The minimum absolute atomic E-state index is 0.0951. The van der Waals surface area contributed by atoms with Crippen molar-refractivity contribution in [2.45, 2.75) is 13.8 Å². The van der Waals surface area contributed by atoms with Crippen molar-refractivity contribution >= 4 is 28.1 Å². The standard InChI is InChI=1S/C12H13BrN2O3/c1-7(2)12(16)15-14-5-8-3-10-11(4-9(8)13)18-6-17-10/h3-5,7H,6H2,1-2H3,(H,15,16)/b14-5-. The normalized spacial score (nSPS) is 13.3. The van der Waals surface area contributed by atoms with Crippen LogP contribution < -0.4 is 14.9 Å². The van der Waals surface area contributed by atoms with Gasteiger partial charge in [0.05, 0.1) is 6.21 Å². The zero-order valence-corrected chi connectivity index (χ0v) is 11.7. The number of hydrazone groups is 1. The van der Waals surface area contributed by atoms with Crippen molar-refractivity contribution in [3.05, 3.63) is 22.2 Å². The quantitative estimate of drug-likeness (QED) is 0.688. The summed E-state index contributed by atoms with van der Waals surface area (Å²) < 4.78 is 11.3. The molecule has 0 aliphatic carbocycles. The highest BCUT2D eigenvalue weighted by atomic mass is 79.9. The Kier molecular flexibility index (Phi) is 3.86. The van der Waals surface area contributed by atoms with Gasteiger partial charge in [-0.2, -0.15) is 5.10 Å². The van der Waals surface area contributed by atoms with E-state index >= 15 is 0 Å². The van der Waals surface area contributed by atoms with E-state index in [0.29, 0.717) is 11.5 Å². The molecular formula is C12H13BrN2O3. The molecule has 0 unspecified atom stereocenters. The molecule has 1 aromatic rings. The summed E-state index contributed by atoms with van der Waals surface area (Å²) in [6, 6.07) is 3.62. The Hall–Kier alpha value is -1.56. The van der Waals surface area contributed by atoms with Crippen LogP contribution in [0.3, 0.4) is 0 Å². The summed E-state index contributed by atoms with van der Waals surface area (Å²) in [5.74, 6) is 1.16. The highest BCUT2D eigenvalue weighted by Gasteiger charge is 2.15. The molecule has 0 spiro atoms. The van der Waals surface area contributed by atoms with E-state index in [1.807, 2.05) is 6.07 Å². The van der Waals surface area contributed by atoms with E-state index in [0.717, 1.165) is 10.0 Å². The van der Waals surface area contributed by atoms with E-state index in [-0.39, 0.29) is 18.6 Å². The molecule has 1 heterocycles. The highest BCUT2D eigenvalue weighted by Crippen LogP contribution is 2.36. The third-order valence-electron chi connectivity index (χ3n) is 2.39. The third kappa shape index (κ3) is 2.81. The van der Waals surface area contributed by atoms with E-state index < -0.39 is 0 Å². The van der Waals surface area contributed by atoms with Gasteiger partial charge in [-0.1, -0.05) is 13.8 Å². The second-order valence-corrected chi connectivity index (χ2v) is 4.97. The Bertz CT molecular complexity index is 500. The molecule has 6 heteroatoms. The molecule has 96 valence electrons. The molecule has 1 aliphatic rings. The summed E-state index contributed by atoms with van der Waals surface area (Å²) in [5.41, 5.74) is 3.27.